The van der Waals surface area contributed by atoms with Crippen LogP contribution in [0, 0.1) is 12.8 Å². The minimum absolute atomic E-state index is 0.152. The van der Waals surface area contributed by atoms with Crippen molar-refractivity contribution in [1.82, 2.24) is 0 Å². The predicted molar refractivity (Wildman–Crippen MR) is 99.5 cm³/mol. The molecule has 0 spiro atoms. The minimum atomic E-state index is 0.152. The molecule has 0 saturated carbocycles. The molecule has 1 unspecified atom stereocenters. The summed E-state index contributed by atoms with van der Waals surface area (Å²) in [5, 5.41) is 0. The predicted octanol–water partition coefficient (Wildman–Crippen LogP) is 6.35. The first-order valence-corrected chi connectivity index (χ1v) is 9.27. The van der Waals surface area contributed by atoms with Crippen molar-refractivity contribution in [2.45, 2.75) is 91.4 Å². The third-order valence-corrected chi connectivity index (χ3v) is 6.10. The van der Waals surface area contributed by atoms with Crippen LogP contribution in [0.25, 0.3) is 0 Å². The zero-order chi connectivity index (χ0) is 17.4. The van der Waals surface area contributed by atoms with Crippen LogP contribution in [0.3, 0.4) is 0 Å². The Morgan fingerprint density at radius 2 is 1.78 bits per heavy atom. The molecule has 1 aromatic carbocycles. The lowest BCUT2D eigenvalue weighted by Gasteiger charge is -2.48. The number of rotatable bonds is 5. The molecule has 0 N–H and O–H groups in total. The van der Waals surface area contributed by atoms with E-state index in [2.05, 4.69) is 53.7 Å². The van der Waals surface area contributed by atoms with Gasteiger partial charge in [0.05, 0.1) is 0 Å². The Hall–Kier alpha value is -1.11. The first kappa shape index (κ1) is 18.2. The van der Waals surface area contributed by atoms with Gasteiger partial charge >= 0.3 is 0 Å². The maximum absolute atomic E-state index is 12.0. The van der Waals surface area contributed by atoms with Gasteiger partial charge in [-0.2, -0.15) is 0 Å². The number of Topliss-reactive ketones (excluding diaryl/α,β-unsaturated/α-hetero) is 1. The van der Waals surface area contributed by atoms with Gasteiger partial charge in [-0.05, 0) is 66.2 Å². The topological polar surface area (TPSA) is 17.1 Å². The Bertz CT molecular complexity index is 592. The van der Waals surface area contributed by atoms with E-state index < -0.39 is 0 Å². The molecular weight excluding hydrogens is 280 g/mol. The lowest BCUT2D eigenvalue weighted by molar-refractivity contribution is 0.101. The second kappa shape index (κ2) is 6.42. The van der Waals surface area contributed by atoms with E-state index in [1.54, 1.807) is 6.92 Å². The molecule has 1 nitrogen and oxygen atoms in total. The molecule has 0 heterocycles. The summed E-state index contributed by atoms with van der Waals surface area (Å²) in [5.41, 5.74) is 5.24. The largest absolute Gasteiger partial charge is 0.295 e. The second-order valence-corrected chi connectivity index (χ2v) is 8.77. The van der Waals surface area contributed by atoms with Gasteiger partial charge in [-0.3, -0.25) is 4.79 Å². The summed E-state index contributed by atoms with van der Waals surface area (Å²) in [6.45, 7) is 15.6. The van der Waals surface area contributed by atoms with Gasteiger partial charge in [0.1, 0.15) is 0 Å². The Morgan fingerprint density at radius 1 is 1.13 bits per heavy atom. The summed E-state index contributed by atoms with van der Waals surface area (Å²) in [6.07, 6.45) is 6.49. The molecule has 0 aromatic heterocycles. The Balaban J connectivity index is 2.50. The quantitative estimate of drug-likeness (QED) is 0.457. The highest BCUT2D eigenvalue weighted by molar-refractivity contribution is 5.96. The van der Waals surface area contributed by atoms with Gasteiger partial charge in [0, 0.05) is 5.56 Å². The van der Waals surface area contributed by atoms with E-state index in [0.717, 1.165) is 17.0 Å². The van der Waals surface area contributed by atoms with Crippen LogP contribution >= 0.6 is 0 Å². The van der Waals surface area contributed by atoms with Crippen molar-refractivity contribution in [3.63, 3.8) is 0 Å². The Morgan fingerprint density at radius 3 is 2.35 bits per heavy atom. The van der Waals surface area contributed by atoms with Crippen molar-refractivity contribution in [3.8, 4) is 0 Å². The maximum Gasteiger partial charge on any atom is 0.160 e. The van der Waals surface area contributed by atoms with Crippen molar-refractivity contribution >= 4 is 5.78 Å². The SMILES string of the molecule is CCCCCC1CC(C)(C)c2cc(C(C)=O)c(C)cc2C1(C)C. The standard InChI is InChI=1S/C22H34O/c1-8-9-10-11-17-14-21(4,5)19-13-18(16(3)23)15(2)12-20(19)22(17,6)7/h12-13,17H,8-11,14H2,1-7H3. The maximum atomic E-state index is 12.0. The van der Waals surface area contributed by atoms with E-state index in [1.807, 2.05) is 0 Å². The summed E-state index contributed by atoms with van der Waals surface area (Å²) < 4.78 is 0. The van der Waals surface area contributed by atoms with Gasteiger partial charge in [-0.1, -0.05) is 59.9 Å². The van der Waals surface area contributed by atoms with E-state index >= 15 is 0 Å². The molecule has 1 aromatic rings. The fraction of sp³-hybridized carbons (Fsp3) is 0.682. The first-order chi connectivity index (χ1) is 10.6. The molecule has 1 aliphatic carbocycles. The number of carbonyl (C=O) groups excluding carboxylic acids is 1. The van der Waals surface area contributed by atoms with Crippen LogP contribution in [-0.2, 0) is 10.8 Å². The van der Waals surface area contributed by atoms with E-state index in [-0.39, 0.29) is 16.6 Å². The molecule has 128 valence electrons. The summed E-state index contributed by atoms with van der Waals surface area (Å²) >= 11 is 0. The van der Waals surface area contributed by atoms with E-state index in [0.29, 0.717) is 0 Å². The van der Waals surface area contributed by atoms with Crippen molar-refractivity contribution in [2.24, 2.45) is 5.92 Å². The summed E-state index contributed by atoms with van der Waals surface area (Å²) in [6, 6.07) is 4.50. The number of benzene rings is 1. The lowest BCUT2D eigenvalue weighted by atomic mass is 9.56. The molecule has 2 rings (SSSR count). The smallest absolute Gasteiger partial charge is 0.160 e. The van der Waals surface area contributed by atoms with Gasteiger partial charge in [-0.25, -0.2) is 0 Å². The number of carbonyl (C=O) groups is 1. The number of hydrogen-bond donors (Lipinski definition) is 0. The molecule has 0 saturated heterocycles. The van der Waals surface area contributed by atoms with Crippen LogP contribution in [0.5, 0.6) is 0 Å². The average Bonchev–Trinajstić information content (AvgIpc) is 2.44. The van der Waals surface area contributed by atoms with Crippen LogP contribution in [-0.4, -0.2) is 5.78 Å². The number of fused-ring (bicyclic) bond motifs is 1. The fourth-order valence-corrected chi connectivity index (χ4v) is 4.48. The fourth-order valence-electron chi connectivity index (χ4n) is 4.48. The van der Waals surface area contributed by atoms with E-state index in [9.17, 15) is 4.79 Å². The second-order valence-electron chi connectivity index (χ2n) is 8.77. The van der Waals surface area contributed by atoms with Crippen molar-refractivity contribution in [2.75, 3.05) is 0 Å². The van der Waals surface area contributed by atoms with Gasteiger partial charge in [0.2, 0.25) is 0 Å². The molecule has 23 heavy (non-hydrogen) atoms. The molecule has 0 radical (unpaired) electrons. The van der Waals surface area contributed by atoms with Crippen LogP contribution in [0.1, 0.15) is 101 Å². The Kier molecular flexibility index (Phi) is 5.09. The first-order valence-electron chi connectivity index (χ1n) is 9.27. The highest BCUT2D eigenvalue weighted by Gasteiger charge is 2.43. The number of unbranched alkanes of at least 4 members (excludes halogenated alkanes) is 2. The number of aryl methyl sites for hydroxylation is 1. The average molecular weight is 315 g/mol. The van der Waals surface area contributed by atoms with E-state index in [1.165, 1.54) is 43.2 Å². The van der Waals surface area contributed by atoms with Crippen molar-refractivity contribution in [1.29, 1.82) is 0 Å². The van der Waals surface area contributed by atoms with Crippen molar-refractivity contribution in [3.05, 3.63) is 34.4 Å². The molecule has 0 fully saturated rings. The normalized spacial score (nSPS) is 21.8. The van der Waals surface area contributed by atoms with Crippen LogP contribution < -0.4 is 0 Å². The minimum Gasteiger partial charge on any atom is -0.295 e. The number of hydrogen-bond acceptors (Lipinski definition) is 1. The van der Waals surface area contributed by atoms with Gasteiger partial charge in [0.25, 0.3) is 0 Å². The summed E-state index contributed by atoms with van der Waals surface area (Å²) in [4.78, 5) is 12.0. The lowest BCUT2D eigenvalue weighted by Crippen LogP contribution is -2.41. The zero-order valence-electron chi connectivity index (χ0n) is 16.2. The molecule has 1 aliphatic rings. The van der Waals surface area contributed by atoms with Gasteiger partial charge in [0.15, 0.2) is 5.78 Å². The summed E-state index contributed by atoms with van der Waals surface area (Å²) in [7, 11) is 0. The highest BCUT2D eigenvalue weighted by Crippen LogP contribution is 2.51. The third-order valence-electron chi connectivity index (χ3n) is 6.10. The molecular formula is C22H34O. The molecule has 0 aliphatic heterocycles. The molecule has 1 atom stereocenters. The molecule has 0 bridgehead atoms. The van der Waals surface area contributed by atoms with Gasteiger partial charge < -0.3 is 0 Å². The highest BCUT2D eigenvalue weighted by atomic mass is 16.1. The number of ketones is 1. The monoisotopic (exact) mass is 314 g/mol. The zero-order valence-corrected chi connectivity index (χ0v) is 16.2. The molecule has 0 amide bonds. The van der Waals surface area contributed by atoms with E-state index in [4.69, 9.17) is 0 Å². The third kappa shape index (κ3) is 3.39. The van der Waals surface area contributed by atoms with Crippen LogP contribution in [0.2, 0.25) is 0 Å². The van der Waals surface area contributed by atoms with Gasteiger partial charge in [-0.15, -0.1) is 0 Å². The van der Waals surface area contributed by atoms with Crippen LogP contribution in [0.15, 0.2) is 12.1 Å². The van der Waals surface area contributed by atoms with Crippen molar-refractivity contribution < 1.29 is 4.79 Å². The Labute approximate surface area is 142 Å². The molecule has 1 heteroatoms. The van der Waals surface area contributed by atoms with Crippen LogP contribution in [0.4, 0.5) is 0 Å². The summed E-state index contributed by atoms with van der Waals surface area (Å²) in [5.74, 6) is 0.906.